The maximum Gasteiger partial charge on any atom is 0.295 e. The third-order valence-corrected chi connectivity index (χ3v) is 6.95. The number of Topliss-reactive ketones (excluding diaryl/α,β-unsaturated/α-hetero) is 1. The summed E-state index contributed by atoms with van der Waals surface area (Å²) in [5.41, 5.74) is 0.829. The fourth-order valence-corrected chi connectivity index (χ4v) is 4.78. The molecule has 1 unspecified atom stereocenters. The average molecular weight is 541 g/mol. The van der Waals surface area contributed by atoms with Crippen molar-refractivity contribution in [2.24, 2.45) is 5.92 Å². The number of aliphatic hydroxyl groups is 1. The van der Waals surface area contributed by atoms with Gasteiger partial charge in [0.05, 0.1) is 38.0 Å². The summed E-state index contributed by atoms with van der Waals surface area (Å²) in [7, 11) is 0. The van der Waals surface area contributed by atoms with Crippen molar-refractivity contribution in [3.8, 4) is 11.5 Å². The first kappa shape index (κ1) is 28.6. The zero-order valence-electron chi connectivity index (χ0n) is 22.8. The largest absolute Gasteiger partial charge is 0.507 e. The van der Waals surface area contributed by atoms with Crippen molar-refractivity contribution in [3.63, 3.8) is 0 Å². The number of carbonyl (C=O) groups is 2. The summed E-state index contributed by atoms with van der Waals surface area (Å²) < 4.78 is 30.9. The number of likely N-dealkylation sites (tertiary alicyclic amines) is 1. The number of aliphatic hydroxyl groups excluding tert-OH is 1. The van der Waals surface area contributed by atoms with E-state index in [2.05, 4.69) is 18.7 Å². The highest BCUT2D eigenvalue weighted by Gasteiger charge is 2.46. The van der Waals surface area contributed by atoms with Crippen LogP contribution in [-0.4, -0.2) is 79.2 Å². The van der Waals surface area contributed by atoms with Gasteiger partial charge in [-0.1, -0.05) is 19.9 Å². The highest BCUT2D eigenvalue weighted by atomic mass is 19.1. The molecule has 0 aliphatic carbocycles. The Morgan fingerprint density at radius 3 is 2.44 bits per heavy atom. The Bertz CT molecular complexity index is 1190. The number of hydrogen-bond donors (Lipinski definition) is 1. The minimum Gasteiger partial charge on any atom is -0.507 e. The van der Waals surface area contributed by atoms with E-state index in [9.17, 15) is 19.1 Å². The monoisotopic (exact) mass is 540 g/mol. The highest BCUT2D eigenvalue weighted by Crippen LogP contribution is 2.42. The Labute approximate surface area is 228 Å². The van der Waals surface area contributed by atoms with Crippen LogP contribution in [0.5, 0.6) is 11.5 Å². The summed E-state index contributed by atoms with van der Waals surface area (Å²) in [4.78, 5) is 30.3. The van der Waals surface area contributed by atoms with Crippen LogP contribution in [-0.2, 0) is 14.3 Å². The number of hydrogen-bond acceptors (Lipinski definition) is 7. The summed E-state index contributed by atoms with van der Waals surface area (Å²) >= 11 is 0. The number of nitrogens with zero attached hydrogens (tertiary/aromatic N) is 2. The predicted octanol–water partition coefficient (Wildman–Crippen LogP) is 4.40. The van der Waals surface area contributed by atoms with Crippen LogP contribution in [0.2, 0.25) is 0 Å². The molecular formula is C30H37FN2O6. The van der Waals surface area contributed by atoms with Crippen LogP contribution >= 0.6 is 0 Å². The molecule has 0 bridgehead atoms. The van der Waals surface area contributed by atoms with Gasteiger partial charge in [-0.15, -0.1) is 0 Å². The summed E-state index contributed by atoms with van der Waals surface area (Å²) in [5.74, 6) is -0.723. The van der Waals surface area contributed by atoms with Crippen LogP contribution in [0.1, 0.15) is 44.4 Å². The lowest BCUT2D eigenvalue weighted by atomic mass is 9.95. The van der Waals surface area contributed by atoms with Crippen LogP contribution in [0.25, 0.3) is 5.76 Å². The van der Waals surface area contributed by atoms with E-state index in [0.29, 0.717) is 56.0 Å². The molecule has 2 heterocycles. The smallest absolute Gasteiger partial charge is 0.295 e. The number of ether oxygens (including phenoxy) is 3. The van der Waals surface area contributed by atoms with Crippen LogP contribution < -0.4 is 9.47 Å². The van der Waals surface area contributed by atoms with Crippen molar-refractivity contribution in [1.82, 2.24) is 9.80 Å². The van der Waals surface area contributed by atoms with Crippen molar-refractivity contribution in [2.75, 3.05) is 52.6 Å². The molecule has 2 aromatic carbocycles. The third-order valence-electron chi connectivity index (χ3n) is 6.95. The van der Waals surface area contributed by atoms with Gasteiger partial charge in [0.25, 0.3) is 11.7 Å². The van der Waals surface area contributed by atoms with Gasteiger partial charge in [-0.05, 0) is 61.2 Å². The fraction of sp³-hybridized carbons (Fsp3) is 0.467. The second kappa shape index (κ2) is 13.1. The van der Waals surface area contributed by atoms with Gasteiger partial charge in [-0.3, -0.25) is 14.5 Å². The Kier molecular flexibility index (Phi) is 9.59. The lowest BCUT2D eigenvalue weighted by molar-refractivity contribution is -0.140. The van der Waals surface area contributed by atoms with Gasteiger partial charge in [-0.2, -0.15) is 0 Å². The number of carbonyl (C=O) groups excluding carboxylic acids is 2. The van der Waals surface area contributed by atoms with E-state index >= 15 is 0 Å². The molecule has 210 valence electrons. The second-order valence-electron chi connectivity index (χ2n) is 10.1. The molecule has 2 fully saturated rings. The molecule has 0 radical (unpaired) electrons. The molecule has 2 aliphatic rings. The zero-order chi connectivity index (χ0) is 27.9. The maximum atomic E-state index is 13.6. The summed E-state index contributed by atoms with van der Waals surface area (Å²) in [6.45, 7) is 10.6. The standard InChI is InChI=1S/C30H37FN2O6/c1-4-38-25-19-22(7-10-24(25)39-16-11-20(2)3)27-26(28(34)21-5-8-23(31)9-6-21)29(35)30(36)33(27)13-12-32-14-17-37-18-15-32/h5-10,19-20,27,34H,4,11-18H2,1-3H3/b28-26+. The minimum absolute atomic E-state index is 0.0375. The van der Waals surface area contributed by atoms with Crippen LogP contribution in [0.15, 0.2) is 48.0 Å². The lowest BCUT2D eigenvalue weighted by Crippen LogP contribution is -2.42. The Hall–Kier alpha value is -3.43. The number of amides is 1. The van der Waals surface area contributed by atoms with Gasteiger partial charge in [0.1, 0.15) is 11.6 Å². The van der Waals surface area contributed by atoms with E-state index in [4.69, 9.17) is 14.2 Å². The van der Waals surface area contributed by atoms with Gasteiger partial charge < -0.3 is 24.2 Å². The van der Waals surface area contributed by atoms with E-state index < -0.39 is 23.5 Å². The lowest BCUT2D eigenvalue weighted by Gasteiger charge is -2.31. The summed E-state index contributed by atoms with van der Waals surface area (Å²) in [6, 6.07) is 9.68. The van der Waals surface area contributed by atoms with Crippen molar-refractivity contribution < 1.29 is 33.3 Å². The summed E-state index contributed by atoms with van der Waals surface area (Å²) in [5, 5.41) is 11.2. The predicted molar refractivity (Wildman–Crippen MR) is 145 cm³/mol. The number of benzene rings is 2. The van der Waals surface area contributed by atoms with Gasteiger partial charge in [0, 0.05) is 31.7 Å². The third kappa shape index (κ3) is 6.78. The Morgan fingerprint density at radius 2 is 1.77 bits per heavy atom. The van der Waals surface area contributed by atoms with Crippen molar-refractivity contribution in [2.45, 2.75) is 33.2 Å². The molecular weight excluding hydrogens is 503 g/mol. The molecule has 1 amide bonds. The van der Waals surface area contributed by atoms with Crippen LogP contribution in [0, 0.1) is 11.7 Å². The molecule has 9 heteroatoms. The number of morpholine rings is 1. The molecule has 39 heavy (non-hydrogen) atoms. The van der Waals surface area contributed by atoms with Gasteiger partial charge in [-0.25, -0.2) is 4.39 Å². The number of rotatable bonds is 11. The highest BCUT2D eigenvalue weighted by molar-refractivity contribution is 6.46. The van der Waals surface area contributed by atoms with E-state index in [1.54, 1.807) is 18.2 Å². The Balaban J connectivity index is 1.73. The van der Waals surface area contributed by atoms with Crippen molar-refractivity contribution in [1.29, 1.82) is 0 Å². The van der Waals surface area contributed by atoms with E-state index in [0.717, 1.165) is 19.5 Å². The average Bonchev–Trinajstić information content (AvgIpc) is 3.18. The molecule has 2 aromatic rings. The van der Waals surface area contributed by atoms with Crippen LogP contribution in [0.4, 0.5) is 4.39 Å². The van der Waals surface area contributed by atoms with Gasteiger partial charge >= 0.3 is 0 Å². The first-order valence-corrected chi connectivity index (χ1v) is 13.5. The van der Waals surface area contributed by atoms with E-state index in [-0.39, 0.29) is 23.4 Å². The molecule has 0 spiro atoms. The normalized spacial score (nSPS) is 19.6. The van der Waals surface area contributed by atoms with Gasteiger partial charge in [0.15, 0.2) is 11.5 Å². The number of ketones is 1. The van der Waals surface area contributed by atoms with Gasteiger partial charge in [0.2, 0.25) is 0 Å². The quantitative estimate of drug-likeness (QED) is 0.257. The molecule has 2 aliphatic heterocycles. The minimum atomic E-state index is -0.847. The number of halogens is 1. The van der Waals surface area contributed by atoms with Crippen LogP contribution in [0.3, 0.4) is 0 Å². The van der Waals surface area contributed by atoms with E-state index in [1.165, 1.54) is 29.2 Å². The molecule has 0 aromatic heterocycles. The SMILES string of the molecule is CCOc1cc(C2/C(=C(\O)c3ccc(F)cc3)C(=O)C(=O)N2CCN2CCOCC2)ccc1OCCC(C)C. The van der Waals surface area contributed by atoms with Crippen molar-refractivity contribution in [3.05, 3.63) is 65.0 Å². The Morgan fingerprint density at radius 1 is 1.05 bits per heavy atom. The second-order valence-corrected chi connectivity index (χ2v) is 10.1. The first-order chi connectivity index (χ1) is 18.8. The molecule has 1 N–H and O–H groups in total. The molecule has 1 atom stereocenters. The molecule has 2 saturated heterocycles. The molecule has 4 rings (SSSR count). The molecule has 0 saturated carbocycles. The van der Waals surface area contributed by atoms with E-state index in [1.807, 2.05) is 6.92 Å². The van der Waals surface area contributed by atoms with Crippen molar-refractivity contribution >= 4 is 17.4 Å². The maximum absolute atomic E-state index is 13.6. The molecule has 8 nitrogen and oxygen atoms in total. The first-order valence-electron chi connectivity index (χ1n) is 13.5. The fourth-order valence-electron chi connectivity index (χ4n) is 4.78. The zero-order valence-corrected chi connectivity index (χ0v) is 22.8. The summed E-state index contributed by atoms with van der Waals surface area (Å²) in [6.07, 6.45) is 0.882. The topological polar surface area (TPSA) is 88.5 Å².